The van der Waals surface area contributed by atoms with E-state index in [0.717, 1.165) is 20.8 Å². The molecule has 0 radical (unpaired) electrons. The number of hydrogen-bond acceptors (Lipinski definition) is 3. The molecule has 3 aromatic carbocycles. The van der Waals surface area contributed by atoms with Crippen LogP contribution >= 0.6 is 34.5 Å². The van der Waals surface area contributed by atoms with Crippen LogP contribution in [0.15, 0.2) is 66.7 Å². The van der Waals surface area contributed by atoms with Gasteiger partial charge in [0.25, 0.3) is 5.91 Å². The average molecular weight is 399 g/mol. The quantitative estimate of drug-likeness (QED) is 0.426. The lowest BCUT2D eigenvalue weighted by atomic mass is 10.1. The third-order valence-electron chi connectivity index (χ3n) is 3.84. The van der Waals surface area contributed by atoms with E-state index >= 15 is 0 Å². The lowest BCUT2D eigenvalue weighted by Crippen LogP contribution is -2.12. The largest absolute Gasteiger partial charge is 0.321 e. The van der Waals surface area contributed by atoms with E-state index in [1.54, 1.807) is 47.7 Å². The molecule has 1 N–H and O–H groups in total. The first-order valence-electron chi connectivity index (χ1n) is 7.82. The molecule has 0 bridgehead atoms. The Hall–Kier alpha value is -2.40. The van der Waals surface area contributed by atoms with E-state index in [-0.39, 0.29) is 5.91 Å². The van der Waals surface area contributed by atoms with Gasteiger partial charge in [-0.2, -0.15) is 0 Å². The van der Waals surface area contributed by atoms with Crippen molar-refractivity contribution in [3.63, 3.8) is 0 Å². The van der Waals surface area contributed by atoms with E-state index in [2.05, 4.69) is 10.3 Å². The van der Waals surface area contributed by atoms with E-state index < -0.39 is 0 Å². The minimum Gasteiger partial charge on any atom is -0.321 e. The zero-order chi connectivity index (χ0) is 18.1. The third-order valence-corrected chi connectivity index (χ3v) is 5.38. The zero-order valence-electron chi connectivity index (χ0n) is 13.4. The van der Waals surface area contributed by atoms with E-state index in [4.69, 9.17) is 23.2 Å². The second kappa shape index (κ2) is 7.08. The first kappa shape index (κ1) is 17.0. The third kappa shape index (κ3) is 3.44. The summed E-state index contributed by atoms with van der Waals surface area (Å²) >= 11 is 13.7. The van der Waals surface area contributed by atoms with Crippen LogP contribution in [0.5, 0.6) is 0 Å². The van der Waals surface area contributed by atoms with Gasteiger partial charge in [0.1, 0.15) is 5.01 Å². The number of hydrogen-bond donors (Lipinski definition) is 1. The van der Waals surface area contributed by atoms with E-state index in [1.165, 1.54) is 0 Å². The highest BCUT2D eigenvalue weighted by Crippen LogP contribution is 2.36. The van der Waals surface area contributed by atoms with Crippen LogP contribution in [0, 0.1) is 0 Å². The molecule has 1 heterocycles. The smallest absolute Gasteiger partial charge is 0.255 e. The van der Waals surface area contributed by atoms with Gasteiger partial charge in [-0.15, -0.1) is 11.3 Å². The molecular weight excluding hydrogens is 387 g/mol. The molecule has 0 aliphatic carbocycles. The van der Waals surface area contributed by atoms with Gasteiger partial charge in [-0.1, -0.05) is 41.4 Å². The maximum atomic E-state index is 12.6. The maximum Gasteiger partial charge on any atom is 0.255 e. The zero-order valence-corrected chi connectivity index (χ0v) is 15.7. The summed E-state index contributed by atoms with van der Waals surface area (Å²) in [5.41, 5.74) is 2.84. The summed E-state index contributed by atoms with van der Waals surface area (Å²) in [5.74, 6) is -0.239. The number of halogens is 2. The molecular formula is C20H12Cl2N2OS. The topological polar surface area (TPSA) is 42.0 Å². The molecule has 0 saturated heterocycles. The number of nitrogens with one attached hydrogen (secondary N) is 1. The predicted molar refractivity (Wildman–Crippen MR) is 109 cm³/mol. The van der Waals surface area contributed by atoms with E-state index in [9.17, 15) is 4.79 Å². The second-order valence-corrected chi connectivity index (χ2v) is 7.54. The van der Waals surface area contributed by atoms with Gasteiger partial charge in [0.2, 0.25) is 0 Å². The van der Waals surface area contributed by atoms with Gasteiger partial charge in [0, 0.05) is 21.2 Å². The van der Waals surface area contributed by atoms with Crippen molar-refractivity contribution in [3.8, 4) is 10.6 Å². The van der Waals surface area contributed by atoms with Crippen LogP contribution in [0.2, 0.25) is 10.0 Å². The van der Waals surface area contributed by atoms with Gasteiger partial charge < -0.3 is 5.32 Å². The number of aromatic nitrogens is 1. The fraction of sp³-hybridized carbons (Fsp3) is 0. The Morgan fingerprint density at radius 1 is 0.923 bits per heavy atom. The fourth-order valence-corrected chi connectivity index (χ4v) is 3.97. The van der Waals surface area contributed by atoms with Crippen molar-refractivity contribution >= 4 is 56.3 Å². The SMILES string of the molecule is O=C(Nc1ccc(Cl)cc1-c1nc2ccccc2s1)c1cccc(Cl)c1. The molecule has 0 aliphatic heterocycles. The Morgan fingerprint density at radius 2 is 1.73 bits per heavy atom. The normalized spacial score (nSPS) is 10.8. The number of rotatable bonds is 3. The fourth-order valence-electron chi connectivity index (χ4n) is 2.61. The van der Waals surface area contributed by atoms with Crippen molar-refractivity contribution in [3.05, 3.63) is 82.3 Å². The average Bonchev–Trinajstić information content (AvgIpc) is 3.07. The number of para-hydroxylation sites is 1. The Bertz CT molecular complexity index is 1090. The van der Waals surface area contributed by atoms with Crippen LogP contribution < -0.4 is 5.32 Å². The summed E-state index contributed by atoms with van der Waals surface area (Å²) < 4.78 is 1.08. The summed E-state index contributed by atoms with van der Waals surface area (Å²) in [5, 5.41) is 4.83. The Kier molecular flexibility index (Phi) is 4.64. The van der Waals surface area contributed by atoms with Gasteiger partial charge in [0.15, 0.2) is 0 Å². The van der Waals surface area contributed by atoms with Crippen LogP contribution in [-0.2, 0) is 0 Å². The van der Waals surface area contributed by atoms with Crippen LogP contribution in [-0.4, -0.2) is 10.9 Å². The van der Waals surface area contributed by atoms with Crippen LogP contribution in [0.1, 0.15) is 10.4 Å². The van der Waals surface area contributed by atoms with Gasteiger partial charge in [-0.3, -0.25) is 4.79 Å². The molecule has 4 aromatic rings. The van der Waals surface area contributed by atoms with Gasteiger partial charge in [-0.25, -0.2) is 4.98 Å². The van der Waals surface area contributed by atoms with E-state index in [1.807, 2.05) is 30.3 Å². The highest BCUT2D eigenvalue weighted by atomic mass is 35.5. The highest BCUT2D eigenvalue weighted by Gasteiger charge is 2.14. The van der Waals surface area contributed by atoms with Gasteiger partial charge >= 0.3 is 0 Å². The monoisotopic (exact) mass is 398 g/mol. The predicted octanol–water partition coefficient (Wildman–Crippen LogP) is 6.52. The molecule has 1 amide bonds. The van der Waals surface area contributed by atoms with Crippen molar-refractivity contribution in [1.82, 2.24) is 4.98 Å². The molecule has 26 heavy (non-hydrogen) atoms. The molecule has 128 valence electrons. The van der Waals surface area contributed by atoms with Crippen molar-refractivity contribution in [2.75, 3.05) is 5.32 Å². The molecule has 0 aliphatic rings. The molecule has 0 saturated carbocycles. The highest BCUT2D eigenvalue weighted by molar-refractivity contribution is 7.21. The molecule has 3 nitrogen and oxygen atoms in total. The lowest BCUT2D eigenvalue weighted by Gasteiger charge is -2.10. The number of anilines is 1. The van der Waals surface area contributed by atoms with Crippen LogP contribution in [0.4, 0.5) is 5.69 Å². The molecule has 0 unspecified atom stereocenters. The molecule has 4 rings (SSSR count). The first-order valence-corrected chi connectivity index (χ1v) is 9.40. The molecule has 0 fully saturated rings. The first-order chi connectivity index (χ1) is 12.6. The molecule has 0 atom stereocenters. The van der Waals surface area contributed by atoms with E-state index in [0.29, 0.717) is 21.3 Å². The number of thiazole rings is 1. The number of carbonyl (C=O) groups is 1. The molecule has 0 spiro atoms. The molecule has 6 heteroatoms. The number of fused-ring (bicyclic) bond motifs is 1. The van der Waals surface area contributed by atoms with Crippen molar-refractivity contribution in [1.29, 1.82) is 0 Å². The number of amides is 1. The Morgan fingerprint density at radius 3 is 2.54 bits per heavy atom. The molecule has 1 aromatic heterocycles. The second-order valence-electron chi connectivity index (χ2n) is 5.64. The Labute approximate surface area is 164 Å². The lowest BCUT2D eigenvalue weighted by molar-refractivity contribution is 0.102. The summed E-state index contributed by atoms with van der Waals surface area (Å²) in [6, 6.07) is 20.1. The minimum absolute atomic E-state index is 0.239. The minimum atomic E-state index is -0.239. The van der Waals surface area contributed by atoms with Crippen molar-refractivity contribution < 1.29 is 4.79 Å². The van der Waals surface area contributed by atoms with Gasteiger partial charge in [0.05, 0.1) is 15.9 Å². The number of nitrogens with zero attached hydrogens (tertiary/aromatic N) is 1. The van der Waals surface area contributed by atoms with Crippen LogP contribution in [0.3, 0.4) is 0 Å². The summed E-state index contributed by atoms with van der Waals surface area (Å²) in [6.07, 6.45) is 0. The van der Waals surface area contributed by atoms with Crippen molar-refractivity contribution in [2.45, 2.75) is 0 Å². The summed E-state index contributed by atoms with van der Waals surface area (Å²) in [4.78, 5) is 17.3. The number of carbonyl (C=O) groups excluding carboxylic acids is 1. The van der Waals surface area contributed by atoms with Crippen LogP contribution in [0.25, 0.3) is 20.8 Å². The standard InChI is InChI=1S/C20H12Cl2N2OS/c21-13-5-3-4-12(10-13)19(25)23-16-9-8-14(22)11-15(16)20-24-17-6-1-2-7-18(17)26-20/h1-11H,(H,23,25). The van der Waals surface area contributed by atoms with Crippen molar-refractivity contribution in [2.24, 2.45) is 0 Å². The Balaban J connectivity index is 1.74. The number of benzene rings is 3. The summed E-state index contributed by atoms with van der Waals surface area (Å²) in [7, 11) is 0. The van der Waals surface area contributed by atoms with Gasteiger partial charge in [-0.05, 0) is 48.5 Å². The summed E-state index contributed by atoms with van der Waals surface area (Å²) in [6.45, 7) is 0. The maximum absolute atomic E-state index is 12.6.